The average Bonchev–Trinajstić information content (AvgIpc) is 3.38. The van der Waals surface area contributed by atoms with Crippen LogP contribution < -0.4 is 4.90 Å². The molecule has 1 atom stereocenters. The predicted molar refractivity (Wildman–Crippen MR) is 144 cm³/mol. The number of Topliss-reactive ketones (excluding diaryl/α,β-unsaturated/α-hetero) is 1. The molecular weight excluding hydrogens is 524 g/mol. The maximum absolute atomic E-state index is 13.4. The van der Waals surface area contributed by atoms with Gasteiger partial charge in [0.2, 0.25) is 0 Å². The lowest BCUT2D eigenvalue weighted by Crippen LogP contribution is -2.29. The Hall–Kier alpha value is -3.29. The van der Waals surface area contributed by atoms with E-state index in [9.17, 15) is 14.7 Å². The molecule has 5 rings (SSSR count). The van der Waals surface area contributed by atoms with Crippen molar-refractivity contribution in [3.8, 4) is 0 Å². The van der Waals surface area contributed by atoms with Crippen LogP contribution >= 0.6 is 27.3 Å². The van der Waals surface area contributed by atoms with Crippen LogP contribution in [0, 0.1) is 13.8 Å². The Kier molecular flexibility index (Phi) is 6.07. The van der Waals surface area contributed by atoms with E-state index in [0.717, 1.165) is 37.8 Å². The number of ketones is 1. The van der Waals surface area contributed by atoms with Crippen LogP contribution in [0.4, 0.5) is 5.13 Å². The van der Waals surface area contributed by atoms with Crippen LogP contribution in [0.2, 0.25) is 0 Å². The molecule has 1 N–H and O–H groups in total. The van der Waals surface area contributed by atoms with Gasteiger partial charge in [0.05, 0.1) is 21.8 Å². The number of aryl methyl sites for hydroxylation is 3. The highest BCUT2D eigenvalue weighted by Crippen LogP contribution is 2.44. The molecule has 0 radical (unpaired) electrons. The zero-order valence-corrected chi connectivity index (χ0v) is 21.9. The molecule has 0 saturated carbocycles. The van der Waals surface area contributed by atoms with Crippen LogP contribution in [-0.4, -0.2) is 21.8 Å². The first-order chi connectivity index (χ1) is 16.8. The fourth-order valence-electron chi connectivity index (χ4n) is 4.41. The van der Waals surface area contributed by atoms with Crippen LogP contribution in [-0.2, 0) is 16.0 Å². The lowest BCUT2D eigenvalue weighted by Gasteiger charge is -2.23. The molecule has 0 bridgehead atoms. The zero-order valence-electron chi connectivity index (χ0n) is 19.5. The third kappa shape index (κ3) is 4.09. The van der Waals surface area contributed by atoms with Gasteiger partial charge in [-0.3, -0.25) is 14.5 Å². The van der Waals surface area contributed by atoms with Gasteiger partial charge >= 0.3 is 5.91 Å². The standard InChI is InChI=1S/C28H23BrN2O3S/c1-4-17-8-11-21-22(14-17)35-28(30-21)31-24(18-7-5-6-15(2)12-18)23(26(33)27(31)34)25(32)19-9-10-20(29)16(3)13-19/h5-14,24,32H,4H2,1-3H3/b25-23+. The lowest BCUT2D eigenvalue weighted by molar-refractivity contribution is -0.132. The number of halogens is 1. The summed E-state index contributed by atoms with van der Waals surface area (Å²) in [6, 6.07) is 18.3. The molecule has 0 spiro atoms. The maximum Gasteiger partial charge on any atom is 0.301 e. The summed E-state index contributed by atoms with van der Waals surface area (Å²) >= 11 is 4.85. The monoisotopic (exact) mass is 546 g/mol. The largest absolute Gasteiger partial charge is 0.507 e. The Morgan fingerprint density at radius 3 is 2.60 bits per heavy atom. The van der Waals surface area contributed by atoms with Gasteiger partial charge in [0, 0.05) is 10.0 Å². The van der Waals surface area contributed by atoms with Crippen LogP contribution in [0.25, 0.3) is 16.0 Å². The fourth-order valence-corrected chi connectivity index (χ4v) is 5.72. The molecule has 1 unspecified atom stereocenters. The maximum atomic E-state index is 13.4. The third-order valence-electron chi connectivity index (χ3n) is 6.29. The Morgan fingerprint density at radius 2 is 1.89 bits per heavy atom. The van der Waals surface area contributed by atoms with Crippen molar-refractivity contribution < 1.29 is 14.7 Å². The number of aliphatic hydroxyl groups is 1. The molecule has 1 aliphatic heterocycles. The number of fused-ring (bicyclic) bond motifs is 1. The second kappa shape index (κ2) is 9.06. The summed E-state index contributed by atoms with van der Waals surface area (Å²) in [7, 11) is 0. The number of carbonyl (C=O) groups excluding carboxylic acids is 2. The van der Waals surface area contributed by atoms with E-state index in [1.807, 2.05) is 56.3 Å². The van der Waals surface area contributed by atoms with Gasteiger partial charge in [0.1, 0.15) is 5.76 Å². The molecule has 1 amide bonds. The number of benzene rings is 3. The minimum Gasteiger partial charge on any atom is -0.507 e. The highest BCUT2D eigenvalue weighted by molar-refractivity contribution is 9.10. The van der Waals surface area contributed by atoms with Crippen molar-refractivity contribution in [3.05, 3.63) is 98.5 Å². The van der Waals surface area contributed by atoms with E-state index in [2.05, 4.69) is 28.9 Å². The lowest BCUT2D eigenvalue weighted by atomic mass is 9.94. The molecule has 35 heavy (non-hydrogen) atoms. The summed E-state index contributed by atoms with van der Waals surface area (Å²) in [5.41, 5.74) is 5.14. The van der Waals surface area contributed by atoms with Gasteiger partial charge < -0.3 is 5.11 Å². The molecule has 1 aromatic heterocycles. The van der Waals surface area contributed by atoms with Crippen molar-refractivity contribution in [1.29, 1.82) is 0 Å². The van der Waals surface area contributed by atoms with Crippen LogP contribution in [0.5, 0.6) is 0 Å². The number of nitrogens with zero attached hydrogens (tertiary/aromatic N) is 2. The highest BCUT2D eigenvalue weighted by Gasteiger charge is 2.48. The number of thiazole rings is 1. The second-order valence-corrected chi connectivity index (χ2v) is 10.6. The number of aliphatic hydroxyl groups excluding tert-OH is 1. The quantitative estimate of drug-likeness (QED) is 0.172. The van der Waals surface area contributed by atoms with E-state index in [0.29, 0.717) is 10.7 Å². The minimum atomic E-state index is -0.787. The van der Waals surface area contributed by atoms with Gasteiger partial charge in [-0.25, -0.2) is 4.98 Å². The summed E-state index contributed by atoms with van der Waals surface area (Å²) in [5, 5.41) is 11.8. The van der Waals surface area contributed by atoms with Gasteiger partial charge in [0.15, 0.2) is 5.13 Å². The molecular formula is C28H23BrN2O3S. The second-order valence-electron chi connectivity index (χ2n) is 8.70. The molecule has 1 fully saturated rings. The molecule has 1 aliphatic rings. The van der Waals surface area contributed by atoms with E-state index >= 15 is 0 Å². The van der Waals surface area contributed by atoms with E-state index in [-0.39, 0.29) is 11.3 Å². The van der Waals surface area contributed by atoms with Crippen LogP contribution in [0.15, 0.2) is 70.7 Å². The summed E-state index contributed by atoms with van der Waals surface area (Å²) < 4.78 is 1.85. The predicted octanol–water partition coefficient (Wildman–Crippen LogP) is 6.86. The molecule has 3 aromatic carbocycles. The summed E-state index contributed by atoms with van der Waals surface area (Å²) in [4.78, 5) is 33.0. The smallest absolute Gasteiger partial charge is 0.301 e. The van der Waals surface area contributed by atoms with Crippen LogP contribution in [0.3, 0.4) is 0 Å². The number of hydrogen-bond donors (Lipinski definition) is 1. The van der Waals surface area contributed by atoms with Gasteiger partial charge in [-0.05, 0) is 61.2 Å². The number of hydrogen-bond acceptors (Lipinski definition) is 5. The highest BCUT2D eigenvalue weighted by atomic mass is 79.9. The summed E-state index contributed by atoms with van der Waals surface area (Å²) in [6.07, 6.45) is 0.892. The third-order valence-corrected chi connectivity index (χ3v) is 8.20. The van der Waals surface area contributed by atoms with E-state index in [1.54, 1.807) is 12.1 Å². The Labute approximate surface area is 215 Å². The first-order valence-corrected chi connectivity index (χ1v) is 12.9. The van der Waals surface area contributed by atoms with Crippen molar-refractivity contribution >= 4 is 60.1 Å². The van der Waals surface area contributed by atoms with Gasteiger partial charge in [-0.15, -0.1) is 0 Å². The molecule has 176 valence electrons. The van der Waals surface area contributed by atoms with E-state index in [1.165, 1.54) is 21.8 Å². The molecule has 4 aromatic rings. The number of carbonyl (C=O) groups is 2. The summed E-state index contributed by atoms with van der Waals surface area (Å²) in [5.74, 6) is -1.60. The van der Waals surface area contributed by atoms with Crippen molar-refractivity contribution in [2.45, 2.75) is 33.2 Å². The molecule has 1 saturated heterocycles. The summed E-state index contributed by atoms with van der Waals surface area (Å²) in [6.45, 7) is 5.95. The SMILES string of the molecule is CCc1ccc2nc(N3C(=O)C(=O)/C(=C(/O)c4ccc(Br)c(C)c4)C3c3cccc(C)c3)sc2c1. The van der Waals surface area contributed by atoms with Crippen molar-refractivity contribution in [3.63, 3.8) is 0 Å². The first-order valence-electron chi connectivity index (χ1n) is 11.3. The van der Waals surface area contributed by atoms with Crippen LogP contribution in [0.1, 0.15) is 40.8 Å². The molecule has 5 nitrogen and oxygen atoms in total. The van der Waals surface area contributed by atoms with Gasteiger partial charge in [0.25, 0.3) is 5.78 Å². The van der Waals surface area contributed by atoms with Crippen molar-refractivity contribution in [1.82, 2.24) is 4.98 Å². The number of amides is 1. The molecule has 7 heteroatoms. The van der Waals surface area contributed by atoms with Crippen molar-refractivity contribution in [2.75, 3.05) is 4.90 Å². The average molecular weight is 547 g/mol. The first kappa shape index (κ1) is 23.5. The number of anilines is 1. The topological polar surface area (TPSA) is 70.5 Å². The Balaban J connectivity index is 1.73. The van der Waals surface area contributed by atoms with Gasteiger partial charge in [-0.2, -0.15) is 0 Å². The molecule has 0 aliphatic carbocycles. The van der Waals surface area contributed by atoms with E-state index < -0.39 is 17.7 Å². The minimum absolute atomic E-state index is 0.0656. The Bertz CT molecular complexity index is 1540. The number of rotatable bonds is 4. The number of aromatic nitrogens is 1. The Morgan fingerprint density at radius 1 is 1.09 bits per heavy atom. The zero-order chi connectivity index (χ0) is 24.9. The van der Waals surface area contributed by atoms with Crippen molar-refractivity contribution in [2.24, 2.45) is 0 Å². The fraction of sp³-hybridized carbons (Fsp3) is 0.179. The van der Waals surface area contributed by atoms with E-state index in [4.69, 9.17) is 4.98 Å². The molecule has 2 heterocycles. The normalized spacial score (nSPS) is 17.5. The van der Waals surface area contributed by atoms with Gasteiger partial charge in [-0.1, -0.05) is 76.2 Å².